The van der Waals surface area contributed by atoms with Crippen LogP contribution in [0.3, 0.4) is 0 Å². The third-order valence-electron chi connectivity index (χ3n) is 2.03. The zero-order valence-corrected chi connectivity index (χ0v) is 11.1. The van der Waals surface area contributed by atoms with Crippen LogP contribution in [0.15, 0.2) is 0 Å². The Morgan fingerprint density at radius 1 is 0.917 bits per heavy atom. The van der Waals surface area contributed by atoms with Gasteiger partial charge in [-0.3, -0.25) is 0 Å². The van der Waals surface area contributed by atoms with Crippen LogP contribution in [0.4, 0.5) is 0 Å². The molecule has 0 aromatic heterocycles. The van der Waals surface area contributed by atoms with Crippen LogP contribution in [-0.4, -0.2) is 24.6 Å². The Morgan fingerprint density at radius 2 is 1.17 bits per heavy atom. The van der Waals surface area contributed by atoms with Crippen LogP contribution < -0.4 is 0 Å². The summed E-state index contributed by atoms with van der Waals surface area (Å²) in [6, 6.07) is 0. The second-order valence-electron chi connectivity index (χ2n) is 3.09. The summed E-state index contributed by atoms with van der Waals surface area (Å²) < 4.78 is 11.8. The summed E-state index contributed by atoms with van der Waals surface area (Å²) >= 11 is 9.84. The van der Waals surface area contributed by atoms with Crippen molar-refractivity contribution in [3.05, 3.63) is 0 Å². The Morgan fingerprint density at radius 3 is 1.33 bits per heavy atom. The molecule has 0 aliphatic carbocycles. The average Bonchev–Trinajstić information content (AvgIpc) is 2.00. The van der Waals surface area contributed by atoms with Crippen molar-refractivity contribution >= 4 is 37.0 Å². The van der Waals surface area contributed by atoms with Crippen LogP contribution >= 0.6 is 23.2 Å². The van der Waals surface area contributed by atoms with Crippen LogP contribution in [0.2, 0.25) is 9.63 Å². The Hall–Kier alpha value is 0.899. The molecule has 0 aromatic carbocycles. The summed E-state index contributed by atoms with van der Waals surface area (Å²) in [7, 11) is 0. The van der Waals surface area contributed by atoms with E-state index >= 15 is 0 Å². The van der Waals surface area contributed by atoms with Crippen molar-refractivity contribution in [3.63, 3.8) is 0 Å². The van der Waals surface area contributed by atoms with Gasteiger partial charge in [0.05, 0.1) is 0 Å². The van der Waals surface area contributed by atoms with E-state index in [0.717, 1.165) is 0 Å². The van der Waals surface area contributed by atoms with E-state index in [-0.39, 0.29) is 20.4 Å². The summed E-state index contributed by atoms with van der Waals surface area (Å²) in [5.41, 5.74) is 0. The predicted molar refractivity (Wildman–Crippen MR) is 55.9 cm³/mol. The zero-order valence-electron chi connectivity index (χ0n) is 7.88. The average molecular weight is 278 g/mol. The van der Waals surface area contributed by atoms with Gasteiger partial charge in [-0.15, -0.1) is 0 Å². The van der Waals surface area contributed by atoms with Crippen molar-refractivity contribution in [1.82, 2.24) is 0 Å². The Labute approximate surface area is 88.9 Å². The molecule has 0 radical (unpaired) electrons. The molecule has 74 valence electrons. The number of halogens is 2. The monoisotopic (exact) mass is 278 g/mol. The molecular formula is C8H16Cl2OSe. The van der Waals surface area contributed by atoms with E-state index in [4.69, 9.17) is 23.2 Å². The molecule has 0 aromatic rings. The first-order valence-corrected chi connectivity index (χ1v) is 7.60. The molecule has 0 rings (SSSR count). The molecule has 0 spiro atoms. The molecule has 0 bridgehead atoms. The van der Waals surface area contributed by atoms with Gasteiger partial charge in [-0.25, -0.2) is 0 Å². The van der Waals surface area contributed by atoms with Crippen molar-refractivity contribution < 1.29 is 3.83 Å². The van der Waals surface area contributed by atoms with Gasteiger partial charge in [-0.2, -0.15) is 0 Å². The molecular weight excluding hydrogens is 262 g/mol. The van der Waals surface area contributed by atoms with E-state index in [1.54, 1.807) is 0 Å². The zero-order chi connectivity index (χ0) is 9.89. The second-order valence-corrected chi connectivity index (χ2v) is 8.97. The van der Waals surface area contributed by atoms with Gasteiger partial charge in [0, 0.05) is 0 Å². The first kappa shape index (κ1) is 12.9. The van der Waals surface area contributed by atoms with Crippen molar-refractivity contribution in [3.8, 4) is 0 Å². The number of alkyl halides is 2. The molecule has 0 N–H and O–H groups in total. The van der Waals surface area contributed by atoms with Crippen LogP contribution in [-0.2, 0) is 3.83 Å². The van der Waals surface area contributed by atoms with E-state index < -0.39 is 13.8 Å². The molecule has 0 saturated heterocycles. The molecule has 4 unspecified atom stereocenters. The quantitative estimate of drug-likeness (QED) is 0.568. The van der Waals surface area contributed by atoms with Gasteiger partial charge in [0.15, 0.2) is 0 Å². The summed E-state index contributed by atoms with van der Waals surface area (Å²) in [4.78, 5) is 0.200. The van der Waals surface area contributed by atoms with Crippen molar-refractivity contribution in [2.75, 3.05) is 0 Å². The van der Waals surface area contributed by atoms with Crippen molar-refractivity contribution in [1.29, 1.82) is 0 Å². The first-order valence-electron chi connectivity index (χ1n) is 4.05. The van der Waals surface area contributed by atoms with E-state index in [2.05, 4.69) is 0 Å². The van der Waals surface area contributed by atoms with Gasteiger partial charge >= 0.3 is 89.0 Å². The van der Waals surface area contributed by atoms with Gasteiger partial charge in [-0.05, 0) is 0 Å². The molecule has 0 fully saturated rings. The fourth-order valence-corrected chi connectivity index (χ4v) is 4.73. The molecule has 0 heterocycles. The van der Waals surface area contributed by atoms with Gasteiger partial charge in [0.2, 0.25) is 0 Å². The van der Waals surface area contributed by atoms with Gasteiger partial charge in [0.1, 0.15) is 0 Å². The molecule has 12 heavy (non-hydrogen) atoms. The number of rotatable bonds is 4. The Bertz CT molecular complexity index is 143. The van der Waals surface area contributed by atoms with E-state index in [1.165, 1.54) is 0 Å². The first-order chi connectivity index (χ1) is 5.37. The summed E-state index contributed by atoms with van der Waals surface area (Å²) in [6.45, 7) is 7.63. The topological polar surface area (TPSA) is 17.1 Å². The molecule has 4 atom stereocenters. The fraction of sp³-hybridized carbons (Fsp3) is 1.00. The summed E-state index contributed by atoms with van der Waals surface area (Å²) in [5, 5.41) is -0.0456. The third-order valence-corrected chi connectivity index (χ3v) is 8.25. The Balaban J connectivity index is 4.19. The van der Waals surface area contributed by atoms with E-state index in [1.807, 2.05) is 27.7 Å². The van der Waals surface area contributed by atoms with Gasteiger partial charge in [-0.1, -0.05) is 0 Å². The fourth-order valence-electron chi connectivity index (χ4n) is 0.708. The van der Waals surface area contributed by atoms with Crippen LogP contribution in [0.25, 0.3) is 0 Å². The standard InChI is InChI=1S/C8H16Cl2OSe/c1-5(9)7(3)12(11)8(4)6(2)10/h5-8H,1-4H3. The maximum absolute atomic E-state index is 11.8. The number of hydrogen-bond donors (Lipinski definition) is 0. The Kier molecular flexibility index (Phi) is 6.01. The normalized spacial score (nSPS) is 24.2. The van der Waals surface area contributed by atoms with Crippen LogP contribution in [0, 0.1) is 0 Å². The SMILES string of the molecule is CC(Cl)C(C)[Se](=O)C(C)C(C)Cl. The third kappa shape index (κ3) is 3.74. The molecule has 0 aliphatic heterocycles. The van der Waals surface area contributed by atoms with Crippen molar-refractivity contribution in [2.24, 2.45) is 0 Å². The molecule has 1 nitrogen and oxygen atoms in total. The van der Waals surface area contributed by atoms with Crippen LogP contribution in [0.5, 0.6) is 0 Å². The molecule has 0 aliphatic rings. The minimum absolute atomic E-state index is 0.0228. The van der Waals surface area contributed by atoms with Gasteiger partial charge in [0.25, 0.3) is 0 Å². The van der Waals surface area contributed by atoms with Crippen molar-refractivity contribution in [2.45, 2.75) is 48.1 Å². The van der Waals surface area contributed by atoms with E-state index in [0.29, 0.717) is 0 Å². The molecule has 4 heteroatoms. The van der Waals surface area contributed by atoms with E-state index in [9.17, 15) is 3.83 Å². The second kappa shape index (κ2) is 5.59. The summed E-state index contributed by atoms with van der Waals surface area (Å²) in [5.74, 6) is 0. The summed E-state index contributed by atoms with van der Waals surface area (Å²) in [6.07, 6.45) is 0. The maximum atomic E-state index is 11.8. The van der Waals surface area contributed by atoms with Crippen LogP contribution in [0.1, 0.15) is 27.7 Å². The number of hydrogen-bond acceptors (Lipinski definition) is 1. The molecule has 0 saturated carbocycles. The van der Waals surface area contributed by atoms with Gasteiger partial charge < -0.3 is 0 Å². The predicted octanol–water partition coefficient (Wildman–Crippen LogP) is 3.44. The minimum atomic E-state index is -1.88. The molecule has 0 amide bonds.